The molecule has 0 atom stereocenters. The number of fused-ring (bicyclic) bond motifs is 1. The Morgan fingerprint density at radius 2 is 1.93 bits per heavy atom. The number of hydrogen-bond acceptors (Lipinski definition) is 4. The smallest absolute Gasteiger partial charge is 0.270 e. The molecule has 2 heterocycles. The van der Waals surface area contributed by atoms with E-state index in [1.54, 1.807) is 14.2 Å². The number of ether oxygens (including phenoxy) is 2. The third-order valence-electron chi connectivity index (χ3n) is 4.45. The number of rotatable bonds is 8. The molecule has 142 valence electrons. The highest BCUT2D eigenvalue weighted by molar-refractivity contribution is 5.94. The molecule has 0 aliphatic carbocycles. The lowest BCUT2D eigenvalue weighted by Gasteiger charge is -2.10. The Labute approximate surface area is 159 Å². The Morgan fingerprint density at radius 3 is 2.67 bits per heavy atom. The maximum absolute atomic E-state index is 12.8. The summed E-state index contributed by atoms with van der Waals surface area (Å²) in [5.74, 6) is 1.28. The fourth-order valence-corrected chi connectivity index (χ4v) is 3.14. The largest absolute Gasteiger partial charge is 0.493 e. The van der Waals surface area contributed by atoms with Gasteiger partial charge in [-0.3, -0.25) is 9.20 Å². The summed E-state index contributed by atoms with van der Waals surface area (Å²) in [4.78, 5) is 17.4. The number of methoxy groups -OCH3 is 2. The zero-order valence-corrected chi connectivity index (χ0v) is 16.0. The minimum absolute atomic E-state index is 0.0994. The van der Waals surface area contributed by atoms with E-state index < -0.39 is 0 Å². The summed E-state index contributed by atoms with van der Waals surface area (Å²) in [5.41, 5.74) is 3.33. The summed E-state index contributed by atoms with van der Waals surface area (Å²) in [6.45, 7) is 2.61. The number of hydrogen-bond donors (Lipinski definition) is 1. The summed E-state index contributed by atoms with van der Waals surface area (Å²) in [7, 11) is 3.23. The molecule has 1 N–H and O–H groups in total. The second kappa shape index (κ2) is 8.58. The van der Waals surface area contributed by atoms with Crippen molar-refractivity contribution in [2.75, 3.05) is 20.8 Å². The van der Waals surface area contributed by atoms with Gasteiger partial charge in [-0.05, 0) is 42.7 Å². The van der Waals surface area contributed by atoms with Crippen LogP contribution in [-0.4, -0.2) is 36.1 Å². The van der Waals surface area contributed by atoms with Crippen molar-refractivity contribution in [1.82, 2.24) is 14.7 Å². The SMILES string of the molecule is CCCc1nc2ccccn2c1C(=O)NCCc1ccc(OC)c(OC)c1. The number of benzene rings is 1. The Kier molecular flexibility index (Phi) is 5.96. The van der Waals surface area contributed by atoms with Crippen LogP contribution in [0.5, 0.6) is 11.5 Å². The number of nitrogens with zero attached hydrogens (tertiary/aromatic N) is 2. The van der Waals surface area contributed by atoms with Gasteiger partial charge in [0, 0.05) is 12.7 Å². The van der Waals surface area contributed by atoms with Crippen LogP contribution in [0.15, 0.2) is 42.6 Å². The molecule has 0 spiro atoms. The van der Waals surface area contributed by atoms with Gasteiger partial charge in [0.2, 0.25) is 0 Å². The van der Waals surface area contributed by atoms with Crippen LogP contribution in [0.1, 0.15) is 35.1 Å². The van der Waals surface area contributed by atoms with Crippen molar-refractivity contribution in [2.45, 2.75) is 26.2 Å². The van der Waals surface area contributed by atoms with E-state index in [-0.39, 0.29) is 5.91 Å². The van der Waals surface area contributed by atoms with Crippen molar-refractivity contribution >= 4 is 11.6 Å². The Hall–Kier alpha value is -3.02. The second-order valence-corrected chi connectivity index (χ2v) is 6.28. The van der Waals surface area contributed by atoms with Crippen molar-refractivity contribution < 1.29 is 14.3 Å². The summed E-state index contributed by atoms with van der Waals surface area (Å²) >= 11 is 0. The molecule has 0 unspecified atom stereocenters. The second-order valence-electron chi connectivity index (χ2n) is 6.28. The highest BCUT2D eigenvalue weighted by Gasteiger charge is 2.18. The molecule has 0 aliphatic rings. The fourth-order valence-electron chi connectivity index (χ4n) is 3.14. The Morgan fingerprint density at radius 1 is 1.11 bits per heavy atom. The average molecular weight is 367 g/mol. The van der Waals surface area contributed by atoms with E-state index in [0.717, 1.165) is 29.7 Å². The molecule has 0 radical (unpaired) electrons. The average Bonchev–Trinajstić information content (AvgIpc) is 3.06. The van der Waals surface area contributed by atoms with Gasteiger partial charge >= 0.3 is 0 Å². The van der Waals surface area contributed by atoms with Gasteiger partial charge in [0.1, 0.15) is 11.3 Å². The standard InChI is InChI=1S/C21H25N3O3/c1-4-7-16-20(24-13-6-5-8-19(24)23-16)21(25)22-12-11-15-9-10-17(26-2)18(14-15)27-3/h5-6,8-10,13-14H,4,7,11-12H2,1-3H3,(H,22,25). The zero-order chi connectivity index (χ0) is 19.2. The van der Waals surface area contributed by atoms with Crippen LogP contribution in [0.3, 0.4) is 0 Å². The molecule has 2 aromatic heterocycles. The zero-order valence-electron chi connectivity index (χ0n) is 16.0. The first kappa shape index (κ1) is 18.8. The molecule has 1 aromatic carbocycles. The molecule has 0 aliphatic heterocycles. The Balaban J connectivity index is 1.71. The van der Waals surface area contributed by atoms with Gasteiger partial charge in [-0.2, -0.15) is 0 Å². The van der Waals surface area contributed by atoms with E-state index in [0.29, 0.717) is 30.2 Å². The summed E-state index contributed by atoms with van der Waals surface area (Å²) in [6.07, 6.45) is 4.30. The fraction of sp³-hybridized carbons (Fsp3) is 0.333. The van der Waals surface area contributed by atoms with Crippen molar-refractivity contribution in [3.8, 4) is 11.5 Å². The third-order valence-corrected chi connectivity index (χ3v) is 4.45. The van der Waals surface area contributed by atoms with Crippen molar-refractivity contribution in [1.29, 1.82) is 0 Å². The molecule has 1 amide bonds. The number of aryl methyl sites for hydroxylation is 1. The maximum atomic E-state index is 12.8. The molecular weight excluding hydrogens is 342 g/mol. The monoisotopic (exact) mass is 367 g/mol. The number of nitrogens with one attached hydrogen (secondary N) is 1. The number of carbonyl (C=O) groups is 1. The van der Waals surface area contributed by atoms with Crippen LogP contribution in [0, 0.1) is 0 Å². The number of pyridine rings is 1. The molecular formula is C21H25N3O3. The van der Waals surface area contributed by atoms with Crippen molar-refractivity contribution in [3.05, 3.63) is 59.5 Å². The topological polar surface area (TPSA) is 64.9 Å². The van der Waals surface area contributed by atoms with Gasteiger partial charge < -0.3 is 14.8 Å². The van der Waals surface area contributed by atoms with Crippen LogP contribution in [0.2, 0.25) is 0 Å². The predicted octanol–water partition coefficient (Wildman–Crippen LogP) is 3.28. The molecule has 3 aromatic rings. The highest BCUT2D eigenvalue weighted by Crippen LogP contribution is 2.27. The molecule has 0 saturated carbocycles. The number of imidazole rings is 1. The normalized spacial score (nSPS) is 10.8. The van der Waals surface area contributed by atoms with Gasteiger partial charge in [0.25, 0.3) is 5.91 Å². The lowest BCUT2D eigenvalue weighted by atomic mass is 10.1. The molecule has 3 rings (SSSR count). The molecule has 0 bridgehead atoms. The molecule has 27 heavy (non-hydrogen) atoms. The first-order chi connectivity index (χ1) is 13.2. The van der Waals surface area contributed by atoms with Crippen LogP contribution >= 0.6 is 0 Å². The van der Waals surface area contributed by atoms with E-state index in [2.05, 4.69) is 17.2 Å². The van der Waals surface area contributed by atoms with Gasteiger partial charge in [-0.15, -0.1) is 0 Å². The maximum Gasteiger partial charge on any atom is 0.270 e. The molecule has 0 fully saturated rings. The number of amides is 1. The molecule has 0 saturated heterocycles. The lowest BCUT2D eigenvalue weighted by molar-refractivity contribution is 0.0947. The van der Waals surface area contributed by atoms with Gasteiger partial charge in [0.05, 0.1) is 19.9 Å². The predicted molar refractivity (Wildman–Crippen MR) is 105 cm³/mol. The molecule has 6 nitrogen and oxygen atoms in total. The number of carbonyl (C=O) groups excluding carboxylic acids is 1. The van der Waals surface area contributed by atoms with Crippen molar-refractivity contribution in [3.63, 3.8) is 0 Å². The van der Waals surface area contributed by atoms with Gasteiger partial charge in [-0.25, -0.2) is 4.98 Å². The van der Waals surface area contributed by atoms with Crippen LogP contribution in [0.4, 0.5) is 0 Å². The van der Waals surface area contributed by atoms with Gasteiger partial charge in [0.15, 0.2) is 11.5 Å². The van der Waals surface area contributed by atoms with Crippen LogP contribution in [0.25, 0.3) is 5.65 Å². The van der Waals surface area contributed by atoms with E-state index in [4.69, 9.17) is 9.47 Å². The van der Waals surface area contributed by atoms with E-state index in [1.165, 1.54) is 0 Å². The third kappa shape index (κ3) is 4.05. The minimum atomic E-state index is -0.0994. The van der Waals surface area contributed by atoms with Gasteiger partial charge in [-0.1, -0.05) is 25.5 Å². The lowest BCUT2D eigenvalue weighted by Crippen LogP contribution is -2.27. The van der Waals surface area contributed by atoms with Crippen LogP contribution in [-0.2, 0) is 12.8 Å². The summed E-state index contributed by atoms with van der Waals surface area (Å²) in [5, 5.41) is 3.02. The summed E-state index contributed by atoms with van der Waals surface area (Å²) < 4.78 is 12.4. The first-order valence-corrected chi connectivity index (χ1v) is 9.13. The highest BCUT2D eigenvalue weighted by atomic mass is 16.5. The quantitative estimate of drug-likeness (QED) is 0.664. The summed E-state index contributed by atoms with van der Waals surface area (Å²) in [6, 6.07) is 11.5. The minimum Gasteiger partial charge on any atom is -0.493 e. The number of aromatic nitrogens is 2. The van der Waals surface area contributed by atoms with Crippen LogP contribution < -0.4 is 14.8 Å². The van der Waals surface area contributed by atoms with E-state index >= 15 is 0 Å². The van der Waals surface area contributed by atoms with E-state index in [1.807, 2.05) is 47.0 Å². The molecule has 6 heteroatoms. The first-order valence-electron chi connectivity index (χ1n) is 9.13. The van der Waals surface area contributed by atoms with E-state index in [9.17, 15) is 4.79 Å². The Bertz CT molecular complexity index is 934. The van der Waals surface area contributed by atoms with Crippen molar-refractivity contribution in [2.24, 2.45) is 0 Å².